The molecule has 1 aliphatic heterocycles. The summed E-state index contributed by atoms with van der Waals surface area (Å²) in [6.45, 7) is 1.93. The predicted molar refractivity (Wildman–Crippen MR) is 75.1 cm³/mol. The molecule has 1 aromatic rings. The van der Waals surface area contributed by atoms with Crippen LogP contribution in [0.5, 0.6) is 5.75 Å². The van der Waals surface area contributed by atoms with E-state index in [0.717, 1.165) is 12.5 Å². The van der Waals surface area contributed by atoms with E-state index in [1.807, 2.05) is 0 Å². The molecule has 6 nitrogen and oxygen atoms in total. The lowest BCUT2D eigenvalue weighted by Gasteiger charge is -2.12. The number of nitrogens with one attached hydrogen (secondary N) is 1. The molecule has 0 saturated carbocycles. The Morgan fingerprint density at radius 1 is 1.48 bits per heavy atom. The summed E-state index contributed by atoms with van der Waals surface area (Å²) in [6, 6.07) is 3.57. The molecule has 1 heterocycles. The van der Waals surface area contributed by atoms with Crippen LogP contribution in [0.4, 0.5) is 4.39 Å². The Bertz CT molecular complexity index is 574. The van der Waals surface area contributed by atoms with Gasteiger partial charge in [-0.05, 0) is 24.6 Å². The first kappa shape index (κ1) is 16.2. The number of benzene rings is 1. The molecular formula is C13H19FN2O4S. The topological polar surface area (TPSA) is 90.7 Å². The molecule has 3 N–H and O–H groups in total. The van der Waals surface area contributed by atoms with Gasteiger partial charge in [0.1, 0.15) is 0 Å². The summed E-state index contributed by atoms with van der Waals surface area (Å²) in [7, 11) is -3.74. The first-order valence-corrected chi connectivity index (χ1v) is 8.21. The van der Waals surface area contributed by atoms with E-state index < -0.39 is 15.8 Å². The standard InChI is InChI=1S/C13H19FN2O4S/c14-12-7-11(21(17,18)16-5-4-15)1-2-13(12)20-9-10-3-6-19-8-10/h1-2,7,10,16H,3-6,8-9,15H2. The molecule has 1 unspecified atom stereocenters. The Morgan fingerprint density at radius 2 is 2.29 bits per heavy atom. The summed E-state index contributed by atoms with van der Waals surface area (Å²) in [4.78, 5) is -0.148. The van der Waals surface area contributed by atoms with Crippen LogP contribution in [-0.2, 0) is 14.8 Å². The van der Waals surface area contributed by atoms with Crippen LogP contribution >= 0.6 is 0 Å². The largest absolute Gasteiger partial charge is 0.490 e. The summed E-state index contributed by atoms with van der Waals surface area (Å²) in [5.74, 6) is -0.414. The quantitative estimate of drug-likeness (QED) is 0.763. The molecule has 0 aliphatic carbocycles. The number of ether oxygens (including phenoxy) is 2. The first-order valence-electron chi connectivity index (χ1n) is 6.73. The van der Waals surface area contributed by atoms with Crippen molar-refractivity contribution >= 4 is 10.0 Å². The second-order valence-electron chi connectivity index (χ2n) is 4.82. The minimum Gasteiger partial charge on any atom is -0.490 e. The van der Waals surface area contributed by atoms with Gasteiger partial charge in [-0.3, -0.25) is 0 Å². The Kier molecular flexibility index (Phi) is 5.51. The Morgan fingerprint density at radius 3 is 2.90 bits per heavy atom. The molecule has 0 aromatic heterocycles. The third kappa shape index (κ3) is 4.37. The van der Waals surface area contributed by atoms with Crippen molar-refractivity contribution in [1.82, 2.24) is 4.72 Å². The van der Waals surface area contributed by atoms with Crippen LogP contribution in [0, 0.1) is 11.7 Å². The lowest BCUT2D eigenvalue weighted by Crippen LogP contribution is -2.29. The van der Waals surface area contributed by atoms with Gasteiger partial charge in [-0.25, -0.2) is 17.5 Å². The number of halogens is 1. The van der Waals surface area contributed by atoms with Gasteiger partial charge in [0, 0.05) is 25.6 Å². The zero-order valence-corrected chi connectivity index (χ0v) is 12.4. The second-order valence-corrected chi connectivity index (χ2v) is 6.59. The van der Waals surface area contributed by atoms with E-state index in [2.05, 4.69) is 4.72 Å². The fourth-order valence-electron chi connectivity index (χ4n) is 1.96. The van der Waals surface area contributed by atoms with Gasteiger partial charge in [0.25, 0.3) is 0 Å². The smallest absolute Gasteiger partial charge is 0.240 e. The van der Waals surface area contributed by atoms with Crippen molar-refractivity contribution in [3.63, 3.8) is 0 Å². The molecule has 1 aromatic carbocycles. The Balaban J connectivity index is 2.02. The molecule has 1 fully saturated rings. The van der Waals surface area contributed by atoms with E-state index >= 15 is 0 Å². The van der Waals surface area contributed by atoms with Crippen molar-refractivity contribution in [2.75, 3.05) is 32.9 Å². The summed E-state index contributed by atoms with van der Waals surface area (Å²) in [5.41, 5.74) is 5.24. The maximum absolute atomic E-state index is 13.9. The highest BCUT2D eigenvalue weighted by molar-refractivity contribution is 7.89. The zero-order valence-electron chi connectivity index (χ0n) is 11.5. The summed E-state index contributed by atoms with van der Waals surface area (Å²) in [5, 5.41) is 0. The van der Waals surface area contributed by atoms with E-state index in [0.29, 0.717) is 19.8 Å². The van der Waals surface area contributed by atoms with Gasteiger partial charge < -0.3 is 15.2 Å². The molecule has 0 radical (unpaired) electrons. The van der Waals surface area contributed by atoms with Crippen molar-refractivity contribution in [3.05, 3.63) is 24.0 Å². The molecule has 2 rings (SSSR count). The van der Waals surface area contributed by atoms with E-state index in [-0.39, 0.29) is 29.7 Å². The summed E-state index contributed by atoms with van der Waals surface area (Å²) in [6.07, 6.45) is 0.886. The van der Waals surface area contributed by atoms with Gasteiger partial charge in [0.2, 0.25) is 10.0 Å². The number of rotatable bonds is 7. The maximum atomic E-state index is 13.9. The van der Waals surface area contributed by atoms with Crippen LogP contribution in [0.25, 0.3) is 0 Å². The number of sulfonamides is 1. The highest BCUT2D eigenvalue weighted by atomic mass is 32.2. The van der Waals surface area contributed by atoms with Gasteiger partial charge >= 0.3 is 0 Å². The van der Waals surface area contributed by atoms with Crippen LogP contribution in [0.3, 0.4) is 0 Å². The van der Waals surface area contributed by atoms with Gasteiger partial charge in [-0.2, -0.15) is 0 Å². The van der Waals surface area contributed by atoms with Crippen molar-refractivity contribution in [2.24, 2.45) is 11.7 Å². The van der Waals surface area contributed by atoms with Gasteiger partial charge in [0.05, 0.1) is 18.1 Å². The minimum absolute atomic E-state index is 0.0414. The van der Waals surface area contributed by atoms with Crippen molar-refractivity contribution in [3.8, 4) is 5.75 Å². The van der Waals surface area contributed by atoms with Crippen LogP contribution in [-0.4, -0.2) is 41.3 Å². The highest BCUT2D eigenvalue weighted by Crippen LogP contribution is 2.22. The van der Waals surface area contributed by atoms with Crippen molar-refractivity contribution < 1.29 is 22.3 Å². The average molecular weight is 318 g/mol. The van der Waals surface area contributed by atoms with Crippen LogP contribution < -0.4 is 15.2 Å². The monoisotopic (exact) mass is 318 g/mol. The van der Waals surface area contributed by atoms with Crippen LogP contribution in [0.1, 0.15) is 6.42 Å². The van der Waals surface area contributed by atoms with E-state index in [1.54, 1.807) is 0 Å². The van der Waals surface area contributed by atoms with Crippen LogP contribution in [0.2, 0.25) is 0 Å². The Labute approximate surface area is 123 Å². The number of hydrogen-bond donors (Lipinski definition) is 2. The lowest BCUT2D eigenvalue weighted by molar-refractivity contribution is 0.165. The molecule has 118 valence electrons. The third-order valence-corrected chi connectivity index (χ3v) is 4.61. The molecule has 1 saturated heterocycles. The van der Waals surface area contributed by atoms with Gasteiger partial charge in [-0.1, -0.05) is 0 Å². The minimum atomic E-state index is -3.74. The molecule has 1 atom stereocenters. The van der Waals surface area contributed by atoms with Gasteiger partial charge in [0.15, 0.2) is 11.6 Å². The second kappa shape index (κ2) is 7.17. The maximum Gasteiger partial charge on any atom is 0.240 e. The fourth-order valence-corrected chi connectivity index (χ4v) is 3.02. The SMILES string of the molecule is NCCNS(=O)(=O)c1ccc(OCC2CCOC2)c(F)c1. The molecule has 0 amide bonds. The van der Waals surface area contributed by atoms with E-state index in [4.69, 9.17) is 15.2 Å². The third-order valence-electron chi connectivity index (χ3n) is 3.15. The fraction of sp³-hybridized carbons (Fsp3) is 0.538. The Hall–Kier alpha value is -1.22. The molecule has 0 spiro atoms. The zero-order chi connectivity index (χ0) is 15.3. The van der Waals surface area contributed by atoms with Gasteiger partial charge in [-0.15, -0.1) is 0 Å². The molecule has 21 heavy (non-hydrogen) atoms. The molecule has 8 heteroatoms. The number of hydrogen-bond acceptors (Lipinski definition) is 5. The average Bonchev–Trinajstić information content (AvgIpc) is 2.97. The van der Waals surface area contributed by atoms with E-state index in [1.165, 1.54) is 12.1 Å². The lowest BCUT2D eigenvalue weighted by atomic mass is 10.1. The molecule has 1 aliphatic rings. The molecule has 0 bridgehead atoms. The van der Waals surface area contributed by atoms with Crippen LogP contribution in [0.15, 0.2) is 23.1 Å². The van der Waals surface area contributed by atoms with Crippen molar-refractivity contribution in [1.29, 1.82) is 0 Å². The van der Waals surface area contributed by atoms with E-state index in [9.17, 15) is 12.8 Å². The molecular weight excluding hydrogens is 299 g/mol. The summed E-state index contributed by atoms with van der Waals surface area (Å²) >= 11 is 0. The summed E-state index contributed by atoms with van der Waals surface area (Å²) < 4.78 is 50.4. The normalized spacial score (nSPS) is 18.9. The van der Waals surface area contributed by atoms with Crippen molar-refractivity contribution in [2.45, 2.75) is 11.3 Å². The first-order chi connectivity index (χ1) is 10.0. The highest BCUT2D eigenvalue weighted by Gasteiger charge is 2.19. The number of nitrogens with two attached hydrogens (primary N) is 1. The predicted octanol–water partition coefficient (Wildman–Crippen LogP) is 0.478.